The van der Waals surface area contributed by atoms with Crippen LogP contribution in [0.15, 0.2) is 23.2 Å². The van der Waals surface area contributed by atoms with E-state index in [1.807, 2.05) is 24.9 Å². The maximum absolute atomic E-state index is 13.2. The minimum Gasteiger partial charge on any atom is -0.484 e. The quantitative estimate of drug-likeness (QED) is 0.370. The molecule has 37 heavy (non-hydrogen) atoms. The average Bonchev–Trinajstić information content (AvgIpc) is 3.31. The van der Waals surface area contributed by atoms with Gasteiger partial charge in [-0.2, -0.15) is 10.5 Å². The van der Waals surface area contributed by atoms with Gasteiger partial charge in [0, 0.05) is 17.9 Å². The first-order valence-corrected chi connectivity index (χ1v) is 14.0. The van der Waals surface area contributed by atoms with E-state index >= 15 is 0 Å². The molecule has 0 aromatic heterocycles. The number of esters is 1. The van der Waals surface area contributed by atoms with E-state index in [9.17, 15) is 15.3 Å². The number of fused-ring (bicyclic) bond motifs is 1. The molecule has 0 N–H and O–H groups in total. The highest BCUT2D eigenvalue weighted by molar-refractivity contribution is 8.14. The summed E-state index contributed by atoms with van der Waals surface area (Å²) in [6.07, 6.45) is 5.35. The van der Waals surface area contributed by atoms with Crippen molar-refractivity contribution in [3.8, 4) is 18.0 Å². The molecule has 4 rings (SSSR count). The number of carbonyl (C=O) groups excluding carboxylic acids is 1. The maximum Gasteiger partial charge on any atom is 0.332 e. The Morgan fingerprint density at radius 1 is 1.32 bits per heavy atom. The van der Waals surface area contributed by atoms with Gasteiger partial charge in [-0.15, -0.1) is 4.99 Å². The lowest BCUT2D eigenvalue weighted by atomic mass is 9.67. The number of hydrogen-bond acceptors (Lipinski definition) is 8. The first kappa shape index (κ1) is 27.3. The van der Waals surface area contributed by atoms with Gasteiger partial charge >= 0.3 is 5.97 Å². The van der Waals surface area contributed by atoms with Gasteiger partial charge in [0.05, 0.1) is 17.7 Å². The second-order valence-corrected chi connectivity index (χ2v) is 12.4. The van der Waals surface area contributed by atoms with E-state index in [1.165, 1.54) is 18.2 Å². The molecule has 1 aromatic rings. The lowest BCUT2D eigenvalue weighted by Gasteiger charge is -2.47. The zero-order chi connectivity index (χ0) is 26.8. The number of rotatable bonds is 6. The Morgan fingerprint density at radius 2 is 2.11 bits per heavy atom. The van der Waals surface area contributed by atoms with Crippen LogP contribution >= 0.6 is 11.8 Å². The van der Waals surface area contributed by atoms with Crippen LogP contribution in [0.2, 0.25) is 0 Å². The van der Waals surface area contributed by atoms with Crippen molar-refractivity contribution < 1.29 is 19.0 Å². The van der Waals surface area contributed by atoms with Crippen molar-refractivity contribution in [3.05, 3.63) is 29.3 Å². The fraction of sp³-hybridized carbons (Fsp3) is 0.643. The van der Waals surface area contributed by atoms with Gasteiger partial charge in [-0.3, -0.25) is 0 Å². The van der Waals surface area contributed by atoms with E-state index in [-0.39, 0.29) is 18.1 Å². The maximum atomic E-state index is 13.2. The number of aliphatic imine (C=N–C) groups is 1. The van der Waals surface area contributed by atoms with Crippen molar-refractivity contribution in [1.82, 2.24) is 4.90 Å². The van der Waals surface area contributed by atoms with Gasteiger partial charge in [-0.1, -0.05) is 39.0 Å². The Balaban J connectivity index is 1.57. The number of nitrogens with zero attached hydrogens (tertiary/aromatic N) is 4. The summed E-state index contributed by atoms with van der Waals surface area (Å²) in [5, 5.41) is 19.4. The summed E-state index contributed by atoms with van der Waals surface area (Å²) in [7, 11) is 0. The first-order chi connectivity index (χ1) is 17.6. The highest BCUT2D eigenvalue weighted by Crippen LogP contribution is 2.47. The molecular weight excluding hydrogens is 488 g/mol. The van der Waals surface area contributed by atoms with Gasteiger partial charge in [0.2, 0.25) is 6.19 Å². The Morgan fingerprint density at radius 3 is 2.81 bits per heavy atom. The van der Waals surface area contributed by atoms with E-state index in [2.05, 4.69) is 31.8 Å². The standard InChI is InChI=1S/C28H36N4O4S/c1-18(2)28(5)10-6-7-20(14-28)34-16-23(33)35-25-24(32-11-12-37-26(32)31-17-30)21-13-19(15-29)8-9-22(21)36-27(25,3)4/h8-9,13,18,20,24-25H,6-7,10-12,14,16H2,1-5H3/t20?,24-,25+,28?/m0/s1. The zero-order valence-corrected chi connectivity index (χ0v) is 23.1. The Hall–Kier alpha value is -2.75. The van der Waals surface area contributed by atoms with Crippen LogP contribution in [0.4, 0.5) is 0 Å². The van der Waals surface area contributed by atoms with Crippen LogP contribution in [0, 0.1) is 34.1 Å². The molecule has 2 unspecified atom stereocenters. The second-order valence-electron chi connectivity index (χ2n) is 11.3. The lowest BCUT2D eigenvalue weighted by Crippen LogP contribution is -2.56. The van der Waals surface area contributed by atoms with Crippen LogP contribution in [-0.2, 0) is 14.3 Å². The summed E-state index contributed by atoms with van der Waals surface area (Å²) in [4.78, 5) is 19.2. The number of nitriles is 2. The van der Waals surface area contributed by atoms with E-state index in [1.54, 1.807) is 18.2 Å². The molecule has 2 fully saturated rings. The summed E-state index contributed by atoms with van der Waals surface area (Å²) < 4.78 is 18.5. The molecule has 9 heteroatoms. The van der Waals surface area contributed by atoms with Crippen LogP contribution in [0.3, 0.4) is 0 Å². The molecule has 0 spiro atoms. The zero-order valence-electron chi connectivity index (χ0n) is 22.3. The molecule has 2 aliphatic heterocycles. The van der Waals surface area contributed by atoms with Crippen LogP contribution < -0.4 is 4.74 Å². The smallest absolute Gasteiger partial charge is 0.332 e. The summed E-state index contributed by atoms with van der Waals surface area (Å²) in [6.45, 7) is 11.1. The van der Waals surface area contributed by atoms with Crippen molar-refractivity contribution >= 4 is 22.9 Å². The number of ether oxygens (including phenoxy) is 3. The first-order valence-electron chi connectivity index (χ1n) is 13.0. The van der Waals surface area contributed by atoms with Gasteiger partial charge in [-0.25, -0.2) is 4.79 Å². The fourth-order valence-electron chi connectivity index (χ4n) is 5.66. The monoisotopic (exact) mass is 524 g/mol. The number of carbonyl (C=O) groups is 1. The molecule has 8 nitrogen and oxygen atoms in total. The molecule has 3 aliphatic rings. The van der Waals surface area contributed by atoms with Crippen molar-refractivity contribution in [2.24, 2.45) is 16.3 Å². The third-order valence-corrected chi connectivity index (χ3v) is 9.12. The largest absolute Gasteiger partial charge is 0.484 e. The Bertz CT molecular complexity index is 1140. The van der Waals surface area contributed by atoms with Crippen LogP contribution in [0.25, 0.3) is 0 Å². The molecule has 4 atom stereocenters. The topological polar surface area (TPSA) is 108 Å². The normalized spacial score (nSPS) is 29.8. The van der Waals surface area contributed by atoms with Crippen molar-refractivity contribution in [1.29, 1.82) is 10.5 Å². The highest BCUT2D eigenvalue weighted by Gasteiger charge is 2.50. The van der Waals surface area contributed by atoms with Crippen LogP contribution in [-0.4, -0.2) is 52.8 Å². The van der Waals surface area contributed by atoms with Gasteiger partial charge in [0.1, 0.15) is 24.0 Å². The second kappa shape index (κ2) is 10.9. The van der Waals surface area contributed by atoms with Crippen LogP contribution in [0.1, 0.15) is 77.5 Å². The fourth-order valence-corrected chi connectivity index (χ4v) is 6.61. The molecular formula is C28H36N4O4S. The summed E-state index contributed by atoms with van der Waals surface area (Å²) >= 11 is 1.49. The molecule has 0 radical (unpaired) electrons. The van der Waals surface area contributed by atoms with E-state index < -0.39 is 23.7 Å². The molecule has 1 saturated carbocycles. The minimum atomic E-state index is -0.868. The SMILES string of the molecule is CC(C)C1(C)CCCC(OCC(=O)O[C@@H]2[C@@H](N3CCSC3=NC#N)c3cc(C#N)ccc3OC2(C)C)C1. The molecule has 1 saturated heterocycles. The summed E-state index contributed by atoms with van der Waals surface area (Å²) in [5.41, 5.74) is 0.568. The number of thioether (sulfide) groups is 1. The van der Waals surface area contributed by atoms with E-state index in [0.29, 0.717) is 28.9 Å². The third-order valence-electron chi connectivity index (χ3n) is 8.15. The van der Waals surface area contributed by atoms with Gasteiger partial charge < -0.3 is 19.1 Å². The van der Waals surface area contributed by atoms with Gasteiger partial charge in [0.25, 0.3) is 0 Å². The highest BCUT2D eigenvalue weighted by atomic mass is 32.2. The predicted molar refractivity (Wildman–Crippen MR) is 142 cm³/mol. The molecule has 2 heterocycles. The van der Waals surface area contributed by atoms with E-state index in [4.69, 9.17) is 14.2 Å². The predicted octanol–water partition coefficient (Wildman–Crippen LogP) is 5.19. The van der Waals surface area contributed by atoms with Crippen LogP contribution in [0.5, 0.6) is 5.75 Å². The molecule has 198 valence electrons. The molecule has 1 aliphatic carbocycles. The Kier molecular flexibility index (Phi) is 8.06. The molecule has 0 bridgehead atoms. The third kappa shape index (κ3) is 5.73. The number of amidine groups is 1. The average molecular weight is 525 g/mol. The van der Waals surface area contributed by atoms with E-state index in [0.717, 1.165) is 30.6 Å². The molecule has 0 amide bonds. The number of hydrogen-bond donors (Lipinski definition) is 0. The van der Waals surface area contributed by atoms with Gasteiger partial charge in [-0.05, 0) is 62.6 Å². The van der Waals surface area contributed by atoms with Gasteiger partial charge in [0.15, 0.2) is 11.3 Å². The number of benzene rings is 1. The van der Waals surface area contributed by atoms with Crippen molar-refractivity contribution in [2.75, 3.05) is 18.9 Å². The Labute approximate surface area is 224 Å². The summed E-state index contributed by atoms with van der Waals surface area (Å²) in [6, 6.07) is 6.99. The summed E-state index contributed by atoms with van der Waals surface area (Å²) in [5.74, 6) is 1.48. The van der Waals surface area contributed by atoms with Crippen molar-refractivity contribution in [3.63, 3.8) is 0 Å². The van der Waals surface area contributed by atoms with Crippen molar-refractivity contribution in [2.45, 2.75) is 84.2 Å². The minimum absolute atomic E-state index is 0.0309. The lowest BCUT2D eigenvalue weighted by molar-refractivity contribution is -0.176. The molecule has 1 aromatic carbocycles.